The highest BCUT2D eigenvalue weighted by Gasteiger charge is 2.36. The molecule has 1 aromatic heterocycles. The summed E-state index contributed by atoms with van der Waals surface area (Å²) in [6.45, 7) is 6.63. The molecular weight excluding hydrogens is 461 g/mol. The molecule has 8 nitrogen and oxygen atoms in total. The van der Waals surface area contributed by atoms with Crippen LogP contribution in [0.3, 0.4) is 0 Å². The van der Waals surface area contributed by atoms with Gasteiger partial charge in [0.05, 0.1) is 22.9 Å². The summed E-state index contributed by atoms with van der Waals surface area (Å²) in [6.07, 6.45) is 3.55. The van der Waals surface area contributed by atoms with Gasteiger partial charge in [-0.3, -0.25) is 19.8 Å². The molecule has 1 amide bonds. The van der Waals surface area contributed by atoms with E-state index in [1.54, 1.807) is 46.8 Å². The molecule has 9 heteroatoms. The number of fused-ring (bicyclic) bond motifs is 1. The lowest BCUT2D eigenvalue weighted by molar-refractivity contribution is -0.385. The summed E-state index contributed by atoms with van der Waals surface area (Å²) in [5, 5.41) is 16.3. The van der Waals surface area contributed by atoms with Gasteiger partial charge in [-0.25, -0.2) is 9.07 Å². The average Bonchev–Trinajstić information content (AvgIpc) is 3.65. The number of hydrogen-bond donors (Lipinski definition) is 0. The SMILES string of the molecule is CCCN1CCc2c(c(CN(C(=O)c3ccc(C)c([N+](=O)[O-])c3)C3CC3)nn2-c2ccccc2F)C1. The molecular formula is C27H30FN5O3. The average molecular weight is 492 g/mol. The molecule has 0 saturated heterocycles. The summed E-state index contributed by atoms with van der Waals surface area (Å²) >= 11 is 0. The van der Waals surface area contributed by atoms with Crippen LogP contribution in [0.25, 0.3) is 5.69 Å². The van der Waals surface area contributed by atoms with E-state index in [2.05, 4.69) is 11.8 Å². The third-order valence-electron chi connectivity index (χ3n) is 7.06. The Balaban J connectivity index is 1.52. The van der Waals surface area contributed by atoms with E-state index in [-0.39, 0.29) is 30.0 Å². The third kappa shape index (κ3) is 4.63. The van der Waals surface area contributed by atoms with Gasteiger partial charge in [0.2, 0.25) is 0 Å². The fourth-order valence-electron chi connectivity index (χ4n) is 5.02. The van der Waals surface area contributed by atoms with E-state index in [1.165, 1.54) is 12.1 Å². The molecule has 2 aliphatic rings. The van der Waals surface area contributed by atoms with Crippen LogP contribution < -0.4 is 0 Å². The smallest absolute Gasteiger partial charge is 0.273 e. The summed E-state index contributed by atoms with van der Waals surface area (Å²) in [4.78, 5) is 28.7. The fraction of sp³-hybridized carbons (Fsp3) is 0.407. The number of nitro benzene ring substituents is 1. The maximum atomic E-state index is 14.7. The van der Waals surface area contributed by atoms with Crippen LogP contribution in [0.4, 0.5) is 10.1 Å². The topological polar surface area (TPSA) is 84.5 Å². The standard InChI is InChI=1S/C27H30FN5O3/c1-3-13-30-14-12-24-21(16-30)23(29-32(24)25-7-5-4-6-22(25)28)17-31(20-10-11-20)27(34)19-9-8-18(2)26(15-19)33(35)36/h4-9,15,20H,3,10-14,16-17H2,1-2H3. The van der Waals surface area contributed by atoms with Gasteiger partial charge in [0.1, 0.15) is 11.5 Å². The number of nitrogens with zero attached hydrogens (tertiary/aromatic N) is 5. The zero-order valence-corrected chi connectivity index (χ0v) is 20.6. The molecule has 1 saturated carbocycles. The number of aromatic nitrogens is 2. The number of aryl methyl sites for hydroxylation is 1. The van der Waals surface area contributed by atoms with Gasteiger partial charge >= 0.3 is 0 Å². The Labute approximate surface area is 209 Å². The molecule has 5 rings (SSSR count). The van der Waals surface area contributed by atoms with Crippen LogP contribution in [-0.2, 0) is 19.5 Å². The van der Waals surface area contributed by atoms with Gasteiger partial charge in [-0.1, -0.05) is 25.1 Å². The van der Waals surface area contributed by atoms with Crippen molar-refractivity contribution in [3.05, 3.63) is 86.5 Å². The molecule has 188 valence electrons. The van der Waals surface area contributed by atoms with Crippen molar-refractivity contribution in [2.75, 3.05) is 13.1 Å². The molecule has 0 atom stereocenters. The predicted molar refractivity (Wildman–Crippen MR) is 134 cm³/mol. The maximum Gasteiger partial charge on any atom is 0.273 e. The Hall–Kier alpha value is -3.59. The number of rotatable bonds is 8. The first-order valence-electron chi connectivity index (χ1n) is 12.5. The first kappa shape index (κ1) is 24.1. The molecule has 0 radical (unpaired) electrons. The summed E-state index contributed by atoms with van der Waals surface area (Å²) in [6, 6.07) is 11.3. The molecule has 2 aromatic carbocycles. The highest BCUT2D eigenvalue weighted by atomic mass is 19.1. The van der Waals surface area contributed by atoms with Crippen molar-refractivity contribution >= 4 is 11.6 Å². The van der Waals surface area contributed by atoms with E-state index in [1.807, 2.05) is 0 Å². The van der Waals surface area contributed by atoms with Crippen LogP contribution >= 0.6 is 0 Å². The van der Waals surface area contributed by atoms with Crippen LogP contribution in [0.2, 0.25) is 0 Å². The van der Waals surface area contributed by atoms with E-state index >= 15 is 0 Å². The fourth-order valence-corrected chi connectivity index (χ4v) is 5.02. The Kier molecular flexibility index (Phi) is 6.57. The normalized spacial score (nSPS) is 15.5. The first-order valence-corrected chi connectivity index (χ1v) is 12.5. The number of halogens is 1. The van der Waals surface area contributed by atoms with Crippen molar-refractivity contribution < 1.29 is 14.1 Å². The minimum atomic E-state index is -0.456. The number of carbonyl (C=O) groups is 1. The Morgan fingerprint density at radius 1 is 1.25 bits per heavy atom. The third-order valence-corrected chi connectivity index (χ3v) is 7.06. The van der Waals surface area contributed by atoms with Crippen molar-refractivity contribution in [3.63, 3.8) is 0 Å². The molecule has 0 unspecified atom stereocenters. The molecule has 36 heavy (non-hydrogen) atoms. The lowest BCUT2D eigenvalue weighted by atomic mass is 10.0. The van der Waals surface area contributed by atoms with Crippen LogP contribution in [0.1, 0.15) is 59.1 Å². The summed E-state index contributed by atoms with van der Waals surface area (Å²) < 4.78 is 16.5. The Morgan fingerprint density at radius 3 is 2.72 bits per heavy atom. The van der Waals surface area contributed by atoms with Gasteiger partial charge in [0, 0.05) is 48.3 Å². The van der Waals surface area contributed by atoms with E-state index < -0.39 is 4.92 Å². The highest BCUT2D eigenvalue weighted by Crippen LogP contribution is 2.33. The quantitative estimate of drug-likeness (QED) is 0.334. The highest BCUT2D eigenvalue weighted by molar-refractivity contribution is 5.95. The van der Waals surface area contributed by atoms with Crippen molar-refractivity contribution in [2.24, 2.45) is 0 Å². The monoisotopic (exact) mass is 491 g/mol. The minimum Gasteiger partial charge on any atom is -0.330 e. The summed E-state index contributed by atoms with van der Waals surface area (Å²) in [7, 11) is 0. The second-order valence-electron chi connectivity index (χ2n) is 9.68. The first-order chi connectivity index (χ1) is 17.4. The van der Waals surface area contributed by atoms with Gasteiger partial charge in [-0.15, -0.1) is 0 Å². The van der Waals surface area contributed by atoms with E-state index in [0.717, 1.165) is 55.7 Å². The molecule has 2 heterocycles. The molecule has 0 spiro atoms. The number of benzene rings is 2. The van der Waals surface area contributed by atoms with Crippen molar-refractivity contribution in [1.82, 2.24) is 19.6 Å². The second-order valence-corrected chi connectivity index (χ2v) is 9.68. The largest absolute Gasteiger partial charge is 0.330 e. The van der Waals surface area contributed by atoms with Gasteiger partial charge in [-0.05, 0) is 50.9 Å². The Morgan fingerprint density at radius 2 is 2.03 bits per heavy atom. The van der Waals surface area contributed by atoms with Crippen molar-refractivity contribution in [1.29, 1.82) is 0 Å². The maximum absolute atomic E-state index is 14.7. The molecule has 3 aromatic rings. The van der Waals surface area contributed by atoms with Gasteiger partial charge in [0.15, 0.2) is 0 Å². The summed E-state index contributed by atoms with van der Waals surface area (Å²) in [5.41, 5.74) is 3.95. The number of amides is 1. The van der Waals surface area contributed by atoms with Crippen molar-refractivity contribution in [2.45, 2.75) is 58.7 Å². The van der Waals surface area contributed by atoms with E-state index in [9.17, 15) is 19.3 Å². The Bertz CT molecular complexity index is 1320. The van der Waals surface area contributed by atoms with Crippen LogP contribution in [0.5, 0.6) is 0 Å². The number of nitro groups is 1. The lowest BCUT2D eigenvalue weighted by Crippen LogP contribution is -2.35. The van der Waals surface area contributed by atoms with E-state index in [0.29, 0.717) is 23.4 Å². The van der Waals surface area contributed by atoms with Crippen LogP contribution in [-0.4, -0.2) is 49.5 Å². The second kappa shape index (κ2) is 9.81. The zero-order valence-electron chi connectivity index (χ0n) is 20.6. The number of para-hydroxylation sites is 1. The lowest BCUT2D eigenvalue weighted by Gasteiger charge is -2.28. The van der Waals surface area contributed by atoms with Gasteiger partial charge < -0.3 is 4.90 Å². The molecule has 0 bridgehead atoms. The zero-order chi connectivity index (χ0) is 25.4. The van der Waals surface area contributed by atoms with Gasteiger partial charge in [-0.2, -0.15) is 5.10 Å². The number of hydrogen-bond acceptors (Lipinski definition) is 5. The van der Waals surface area contributed by atoms with E-state index in [4.69, 9.17) is 5.10 Å². The molecule has 1 aliphatic heterocycles. The number of carbonyl (C=O) groups excluding carboxylic acids is 1. The van der Waals surface area contributed by atoms with Crippen LogP contribution in [0.15, 0.2) is 42.5 Å². The molecule has 1 fully saturated rings. The minimum absolute atomic E-state index is 0.0620. The predicted octanol–water partition coefficient (Wildman–Crippen LogP) is 4.80. The molecule has 1 aliphatic carbocycles. The van der Waals surface area contributed by atoms with Crippen molar-refractivity contribution in [3.8, 4) is 5.69 Å². The van der Waals surface area contributed by atoms with Crippen LogP contribution in [0, 0.1) is 22.9 Å². The molecule has 0 N–H and O–H groups in total. The van der Waals surface area contributed by atoms with Gasteiger partial charge in [0.25, 0.3) is 11.6 Å². The summed E-state index contributed by atoms with van der Waals surface area (Å²) in [5.74, 6) is -0.580.